The van der Waals surface area contributed by atoms with Gasteiger partial charge in [-0.2, -0.15) is 0 Å². The van der Waals surface area contributed by atoms with Gasteiger partial charge in [0.15, 0.2) is 5.96 Å². The molecule has 0 radical (unpaired) electrons. The molecule has 0 aliphatic heterocycles. The molecule has 0 amide bonds. The molecule has 0 aliphatic rings. The number of hydrogen-bond acceptors (Lipinski definition) is 2. The van der Waals surface area contributed by atoms with Gasteiger partial charge in [0, 0.05) is 43.3 Å². The molecule has 0 fully saturated rings. The van der Waals surface area contributed by atoms with Crippen LogP contribution in [0, 0.1) is 0 Å². The van der Waals surface area contributed by atoms with Gasteiger partial charge in [0.2, 0.25) is 0 Å². The normalized spacial score (nSPS) is 11.3. The summed E-state index contributed by atoms with van der Waals surface area (Å²) in [6.07, 6.45) is 4.18. The lowest BCUT2D eigenvalue weighted by Gasteiger charge is -2.11. The first-order valence-corrected chi connectivity index (χ1v) is 8.50. The number of ether oxygens (including phenoxy) is 1. The fourth-order valence-corrected chi connectivity index (χ4v) is 2.53. The third-order valence-corrected chi connectivity index (χ3v) is 3.64. The standard InChI is InChI=1S/C18H28N4O.HI/c1-3-19-18(21-12-13-23-4-2)20-11-7-8-15-14-22-17-10-6-5-9-16(15)17;/h5-6,9-10,14,22H,3-4,7-8,11-13H2,1-2H3,(H2,19,20,21);1H. The van der Waals surface area contributed by atoms with Crippen LogP contribution in [0.15, 0.2) is 35.5 Å². The van der Waals surface area contributed by atoms with Gasteiger partial charge < -0.3 is 20.4 Å². The maximum Gasteiger partial charge on any atom is 0.191 e. The van der Waals surface area contributed by atoms with Crippen molar-refractivity contribution in [2.75, 3.05) is 32.8 Å². The second-order valence-electron chi connectivity index (χ2n) is 5.35. The van der Waals surface area contributed by atoms with Crippen LogP contribution in [0.2, 0.25) is 0 Å². The fraction of sp³-hybridized carbons (Fsp3) is 0.500. The van der Waals surface area contributed by atoms with E-state index in [0.717, 1.165) is 45.0 Å². The Morgan fingerprint density at radius 3 is 2.83 bits per heavy atom. The van der Waals surface area contributed by atoms with Crippen LogP contribution in [0.1, 0.15) is 25.8 Å². The maximum absolute atomic E-state index is 5.33. The Bertz CT molecular complexity index is 612. The van der Waals surface area contributed by atoms with Crippen molar-refractivity contribution in [3.05, 3.63) is 36.0 Å². The summed E-state index contributed by atoms with van der Waals surface area (Å²) in [7, 11) is 0. The summed E-state index contributed by atoms with van der Waals surface area (Å²) >= 11 is 0. The van der Waals surface area contributed by atoms with Gasteiger partial charge in [0.05, 0.1) is 6.61 Å². The first-order valence-electron chi connectivity index (χ1n) is 8.50. The summed E-state index contributed by atoms with van der Waals surface area (Å²) < 4.78 is 5.33. The van der Waals surface area contributed by atoms with Crippen LogP contribution >= 0.6 is 24.0 Å². The average molecular weight is 444 g/mol. The Labute approximate surface area is 161 Å². The maximum atomic E-state index is 5.33. The number of hydrogen-bond donors (Lipinski definition) is 3. The quantitative estimate of drug-likeness (QED) is 0.241. The summed E-state index contributed by atoms with van der Waals surface area (Å²) in [6.45, 7) is 7.99. The Balaban J connectivity index is 0.00000288. The molecule has 1 aromatic carbocycles. The first-order chi connectivity index (χ1) is 11.3. The molecule has 0 bridgehead atoms. The monoisotopic (exact) mass is 444 g/mol. The zero-order valence-corrected chi connectivity index (χ0v) is 16.9. The van der Waals surface area contributed by atoms with E-state index in [9.17, 15) is 0 Å². The van der Waals surface area contributed by atoms with Crippen molar-refractivity contribution in [2.45, 2.75) is 26.7 Å². The highest BCUT2D eigenvalue weighted by Crippen LogP contribution is 2.18. The van der Waals surface area contributed by atoms with E-state index in [1.165, 1.54) is 16.5 Å². The largest absolute Gasteiger partial charge is 0.380 e. The van der Waals surface area contributed by atoms with E-state index >= 15 is 0 Å². The Hall–Kier alpha value is -1.28. The predicted molar refractivity (Wildman–Crippen MR) is 113 cm³/mol. The van der Waals surface area contributed by atoms with Gasteiger partial charge in [-0.1, -0.05) is 18.2 Å². The van der Waals surface area contributed by atoms with E-state index in [1.807, 2.05) is 6.92 Å². The van der Waals surface area contributed by atoms with Crippen molar-refractivity contribution in [3.63, 3.8) is 0 Å². The van der Waals surface area contributed by atoms with Crippen LogP contribution in [0.3, 0.4) is 0 Å². The number of fused-ring (bicyclic) bond motifs is 1. The number of benzene rings is 1. The highest BCUT2D eigenvalue weighted by atomic mass is 127. The highest BCUT2D eigenvalue weighted by molar-refractivity contribution is 14.0. The van der Waals surface area contributed by atoms with Gasteiger partial charge in [-0.25, -0.2) is 0 Å². The van der Waals surface area contributed by atoms with Gasteiger partial charge in [0.1, 0.15) is 0 Å². The third kappa shape index (κ3) is 6.68. The van der Waals surface area contributed by atoms with Gasteiger partial charge in [-0.15, -0.1) is 24.0 Å². The lowest BCUT2D eigenvalue weighted by Crippen LogP contribution is -2.39. The van der Waals surface area contributed by atoms with E-state index in [2.05, 4.69) is 58.0 Å². The number of para-hydroxylation sites is 1. The molecule has 24 heavy (non-hydrogen) atoms. The molecule has 0 saturated carbocycles. The average Bonchev–Trinajstić information content (AvgIpc) is 2.98. The molecule has 1 aromatic heterocycles. The first kappa shape index (κ1) is 20.8. The number of aliphatic imine (C=N–C) groups is 1. The lowest BCUT2D eigenvalue weighted by molar-refractivity contribution is 0.152. The Morgan fingerprint density at radius 2 is 2.04 bits per heavy atom. The molecule has 0 unspecified atom stereocenters. The second kappa shape index (κ2) is 12.1. The van der Waals surface area contributed by atoms with E-state index in [0.29, 0.717) is 6.61 Å². The number of aromatic amines is 1. The van der Waals surface area contributed by atoms with Crippen molar-refractivity contribution in [2.24, 2.45) is 4.99 Å². The van der Waals surface area contributed by atoms with Crippen molar-refractivity contribution in [3.8, 4) is 0 Å². The molecule has 2 aromatic rings. The van der Waals surface area contributed by atoms with Gasteiger partial charge in [-0.3, -0.25) is 4.99 Å². The molecule has 0 aliphatic carbocycles. The van der Waals surface area contributed by atoms with Crippen molar-refractivity contribution in [1.29, 1.82) is 0 Å². The third-order valence-electron chi connectivity index (χ3n) is 3.64. The van der Waals surface area contributed by atoms with Crippen LogP contribution in [-0.2, 0) is 11.2 Å². The van der Waals surface area contributed by atoms with Crippen LogP contribution < -0.4 is 10.6 Å². The molecule has 0 spiro atoms. The number of guanidine groups is 1. The van der Waals surface area contributed by atoms with Crippen LogP contribution in [-0.4, -0.2) is 43.8 Å². The van der Waals surface area contributed by atoms with Gasteiger partial charge in [-0.05, 0) is 38.3 Å². The van der Waals surface area contributed by atoms with Crippen LogP contribution in [0.4, 0.5) is 0 Å². The predicted octanol–water partition coefficient (Wildman–Crippen LogP) is 3.31. The SMILES string of the molecule is CCNC(=NCCCc1c[nH]c2ccccc12)NCCOCC.I. The van der Waals surface area contributed by atoms with Crippen molar-refractivity contribution >= 4 is 40.8 Å². The molecule has 0 saturated heterocycles. The zero-order valence-electron chi connectivity index (χ0n) is 14.6. The number of aryl methyl sites for hydroxylation is 1. The van der Waals surface area contributed by atoms with Crippen molar-refractivity contribution < 1.29 is 4.74 Å². The second-order valence-corrected chi connectivity index (χ2v) is 5.35. The Kier molecular flexibility index (Phi) is 10.5. The summed E-state index contributed by atoms with van der Waals surface area (Å²) in [5.74, 6) is 0.867. The number of rotatable bonds is 9. The summed E-state index contributed by atoms with van der Waals surface area (Å²) in [5, 5.41) is 7.86. The lowest BCUT2D eigenvalue weighted by atomic mass is 10.1. The van der Waals surface area contributed by atoms with Crippen LogP contribution in [0.5, 0.6) is 0 Å². The summed E-state index contributed by atoms with van der Waals surface area (Å²) in [6, 6.07) is 8.43. The Morgan fingerprint density at radius 1 is 1.21 bits per heavy atom. The van der Waals surface area contributed by atoms with Crippen LogP contribution in [0.25, 0.3) is 10.9 Å². The van der Waals surface area contributed by atoms with Gasteiger partial charge in [0.25, 0.3) is 0 Å². The van der Waals surface area contributed by atoms with E-state index in [-0.39, 0.29) is 24.0 Å². The molecular weight excluding hydrogens is 415 g/mol. The number of H-pyrrole nitrogens is 1. The minimum absolute atomic E-state index is 0. The molecule has 6 heteroatoms. The molecule has 3 N–H and O–H groups in total. The molecule has 134 valence electrons. The molecule has 0 atom stereocenters. The zero-order chi connectivity index (χ0) is 16.3. The number of nitrogens with zero attached hydrogens (tertiary/aromatic N) is 1. The molecule has 5 nitrogen and oxygen atoms in total. The topological polar surface area (TPSA) is 61.4 Å². The minimum Gasteiger partial charge on any atom is -0.380 e. The number of aromatic nitrogens is 1. The summed E-state index contributed by atoms with van der Waals surface area (Å²) in [4.78, 5) is 7.94. The highest BCUT2D eigenvalue weighted by Gasteiger charge is 2.02. The van der Waals surface area contributed by atoms with Crippen molar-refractivity contribution in [1.82, 2.24) is 15.6 Å². The molecule has 1 heterocycles. The van der Waals surface area contributed by atoms with E-state index < -0.39 is 0 Å². The summed E-state index contributed by atoms with van der Waals surface area (Å²) in [5.41, 5.74) is 2.57. The number of halogens is 1. The van der Waals surface area contributed by atoms with E-state index in [1.54, 1.807) is 0 Å². The van der Waals surface area contributed by atoms with E-state index in [4.69, 9.17) is 4.74 Å². The minimum atomic E-state index is 0. The fourth-order valence-electron chi connectivity index (χ4n) is 2.53. The molecule has 2 rings (SSSR count). The smallest absolute Gasteiger partial charge is 0.191 e. The number of nitrogens with one attached hydrogen (secondary N) is 3. The molecular formula is C18H29IN4O. The van der Waals surface area contributed by atoms with Gasteiger partial charge >= 0.3 is 0 Å².